The molecule has 4 heteroatoms. The van der Waals surface area contributed by atoms with E-state index in [4.69, 9.17) is 0 Å². The number of anilines is 1. The molecule has 0 aliphatic carbocycles. The van der Waals surface area contributed by atoms with Gasteiger partial charge >= 0.3 is 0 Å². The molecule has 0 saturated carbocycles. The first-order valence-corrected chi connectivity index (χ1v) is 6.12. The van der Waals surface area contributed by atoms with Gasteiger partial charge in [-0.3, -0.25) is 4.98 Å². The summed E-state index contributed by atoms with van der Waals surface area (Å²) in [5.41, 5.74) is 3.23. The Morgan fingerprint density at radius 2 is 1.68 bits per heavy atom. The zero-order valence-corrected chi connectivity index (χ0v) is 11.2. The van der Waals surface area contributed by atoms with Crippen molar-refractivity contribution in [2.75, 3.05) is 5.32 Å². The Kier molecular flexibility index (Phi) is 3.79. The van der Waals surface area contributed by atoms with Crippen molar-refractivity contribution in [3.8, 4) is 0 Å². The highest BCUT2D eigenvalue weighted by molar-refractivity contribution is 5.49. The number of aromatic nitrogens is 1. The summed E-state index contributed by atoms with van der Waals surface area (Å²) in [4.78, 5) is 4.34. The summed E-state index contributed by atoms with van der Waals surface area (Å²) in [6, 6.07) is 7.15. The lowest BCUT2D eigenvalue weighted by Crippen LogP contribution is -2.09. The van der Waals surface area contributed by atoms with E-state index in [0.29, 0.717) is 5.56 Å². The molecule has 0 saturated heterocycles. The summed E-state index contributed by atoms with van der Waals surface area (Å²) in [5, 5.41) is 3.21. The second kappa shape index (κ2) is 5.34. The number of nitrogens with one attached hydrogen (secondary N) is 1. The molecule has 0 aliphatic rings. The summed E-state index contributed by atoms with van der Waals surface area (Å²) in [5.74, 6) is -1.13. The number of benzene rings is 1. The van der Waals surface area contributed by atoms with Crippen molar-refractivity contribution < 1.29 is 8.78 Å². The van der Waals surface area contributed by atoms with Crippen LogP contribution in [0, 0.1) is 25.5 Å². The van der Waals surface area contributed by atoms with Crippen LogP contribution < -0.4 is 5.32 Å². The van der Waals surface area contributed by atoms with Gasteiger partial charge in [-0.25, -0.2) is 8.78 Å². The van der Waals surface area contributed by atoms with E-state index in [0.717, 1.165) is 23.1 Å². The maximum atomic E-state index is 13.2. The summed E-state index contributed by atoms with van der Waals surface area (Å²) in [6.45, 7) is 5.67. The predicted octanol–water partition coefficient (Wildman–Crippen LogP) is 4.15. The van der Waals surface area contributed by atoms with Gasteiger partial charge in [-0.2, -0.15) is 0 Å². The topological polar surface area (TPSA) is 24.9 Å². The molecule has 0 radical (unpaired) electrons. The van der Waals surface area contributed by atoms with Crippen LogP contribution in [0.2, 0.25) is 0 Å². The smallest absolute Gasteiger partial charge is 0.126 e. The van der Waals surface area contributed by atoms with Crippen LogP contribution in [0.3, 0.4) is 0 Å². The van der Waals surface area contributed by atoms with E-state index in [-0.39, 0.29) is 6.04 Å². The van der Waals surface area contributed by atoms with E-state index in [1.807, 2.05) is 32.9 Å². The van der Waals surface area contributed by atoms with Crippen LogP contribution in [0.25, 0.3) is 0 Å². The molecule has 1 aromatic heterocycles. The molecular weight excluding hydrogens is 246 g/mol. The summed E-state index contributed by atoms with van der Waals surface area (Å²) in [7, 11) is 0. The summed E-state index contributed by atoms with van der Waals surface area (Å²) in [6.07, 6.45) is 0. The van der Waals surface area contributed by atoms with E-state index in [1.165, 1.54) is 12.1 Å². The SMILES string of the molecule is Cc1ccc(NC(C)c2cc(F)cc(F)c2)c(C)n1. The molecule has 19 heavy (non-hydrogen) atoms. The van der Waals surface area contributed by atoms with Crippen LogP contribution in [0.5, 0.6) is 0 Å². The standard InChI is InChI=1S/C15H16F2N2/c1-9-4-5-15(11(3)18-9)19-10(2)12-6-13(16)8-14(17)7-12/h4-8,10,19H,1-3H3. The predicted molar refractivity (Wildman–Crippen MR) is 72.1 cm³/mol. The third kappa shape index (κ3) is 3.28. The van der Waals surface area contributed by atoms with Crippen molar-refractivity contribution in [2.45, 2.75) is 26.8 Å². The Balaban J connectivity index is 2.22. The lowest BCUT2D eigenvalue weighted by Gasteiger charge is -2.17. The molecule has 0 amide bonds. The summed E-state index contributed by atoms with van der Waals surface area (Å²) >= 11 is 0. The number of halogens is 2. The number of pyridine rings is 1. The Morgan fingerprint density at radius 1 is 1.05 bits per heavy atom. The maximum absolute atomic E-state index is 13.2. The molecule has 0 spiro atoms. The molecule has 2 aromatic rings. The minimum absolute atomic E-state index is 0.201. The zero-order chi connectivity index (χ0) is 14.0. The third-order valence-electron chi connectivity index (χ3n) is 2.98. The van der Waals surface area contributed by atoms with Gasteiger partial charge in [0.1, 0.15) is 11.6 Å². The quantitative estimate of drug-likeness (QED) is 0.898. The molecule has 1 heterocycles. The van der Waals surface area contributed by atoms with Gasteiger partial charge in [0, 0.05) is 17.8 Å². The van der Waals surface area contributed by atoms with Gasteiger partial charge in [0.05, 0.1) is 11.4 Å². The molecular formula is C15H16F2N2. The first-order chi connectivity index (χ1) is 8.95. The minimum atomic E-state index is -0.567. The van der Waals surface area contributed by atoms with Gasteiger partial charge in [-0.1, -0.05) is 0 Å². The number of nitrogens with zero attached hydrogens (tertiary/aromatic N) is 1. The van der Waals surface area contributed by atoms with Gasteiger partial charge < -0.3 is 5.32 Å². The number of rotatable bonds is 3. The Labute approximate surface area is 111 Å². The van der Waals surface area contributed by atoms with Gasteiger partial charge in [0.25, 0.3) is 0 Å². The molecule has 2 rings (SSSR count). The van der Waals surface area contributed by atoms with Crippen LogP contribution >= 0.6 is 0 Å². The Bertz CT molecular complexity index is 576. The van der Waals surface area contributed by atoms with Crippen LogP contribution in [-0.2, 0) is 0 Å². The highest BCUT2D eigenvalue weighted by Crippen LogP contribution is 2.22. The molecule has 0 aliphatic heterocycles. The van der Waals surface area contributed by atoms with Gasteiger partial charge in [-0.05, 0) is 50.6 Å². The van der Waals surface area contributed by atoms with Crippen molar-refractivity contribution in [3.63, 3.8) is 0 Å². The van der Waals surface area contributed by atoms with E-state index >= 15 is 0 Å². The molecule has 2 nitrogen and oxygen atoms in total. The molecule has 1 aromatic carbocycles. The molecule has 1 atom stereocenters. The van der Waals surface area contributed by atoms with Crippen molar-refractivity contribution in [1.82, 2.24) is 4.98 Å². The molecule has 1 unspecified atom stereocenters. The average Bonchev–Trinajstić information content (AvgIpc) is 2.31. The van der Waals surface area contributed by atoms with Crippen molar-refractivity contribution >= 4 is 5.69 Å². The number of aryl methyl sites for hydroxylation is 2. The monoisotopic (exact) mass is 262 g/mol. The highest BCUT2D eigenvalue weighted by atomic mass is 19.1. The second-order valence-electron chi connectivity index (χ2n) is 4.65. The number of hydrogen-bond donors (Lipinski definition) is 1. The van der Waals surface area contributed by atoms with Crippen LogP contribution in [0.15, 0.2) is 30.3 Å². The lowest BCUT2D eigenvalue weighted by molar-refractivity contribution is 0.577. The molecule has 1 N–H and O–H groups in total. The van der Waals surface area contributed by atoms with E-state index in [9.17, 15) is 8.78 Å². The van der Waals surface area contributed by atoms with E-state index < -0.39 is 11.6 Å². The zero-order valence-electron chi connectivity index (χ0n) is 11.2. The highest BCUT2D eigenvalue weighted by Gasteiger charge is 2.10. The van der Waals surface area contributed by atoms with Gasteiger partial charge in [-0.15, -0.1) is 0 Å². The first-order valence-electron chi connectivity index (χ1n) is 6.12. The fraction of sp³-hybridized carbons (Fsp3) is 0.267. The van der Waals surface area contributed by atoms with Crippen LogP contribution in [0.4, 0.5) is 14.5 Å². The molecule has 0 fully saturated rings. The van der Waals surface area contributed by atoms with Crippen molar-refractivity contribution in [1.29, 1.82) is 0 Å². The fourth-order valence-corrected chi connectivity index (χ4v) is 1.98. The normalized spacial score (nSPS) is 12.3. The first kappa shape index (κ1) is 13.5. The summed E-state index contributed by atoms with van der Waals surface area (Å²) < 4.78 is 26.4. The molecule has 100 valence electrons. The Hall–Kier alpha value is -1.97. The van der Waals surface area contributed by atoms with Gasteiger partial charge in [0.15, 0.2) is 0 Å². The van der Waals surface area contributed by atoms with Crippen LogP contribution in [-0.4, -0.2) is 4.98 Å². The number of hydrogen-bond acceptors (Lipinski definition) is 2. The third-order valence-corrected chi connectivity index (χ3v) is 2.98. The fourth-order valence-electron chi connectivity index (χ4n) is 1.98. The van der Waals surface area contributed by atoms with Crippen molar-refractivity contribution in [3.05, 3.63) is 58.9 Å². The van der Waals surface area contributed by atoms with Crippen molar-refractivity contribution in [2.24, 2.45) is 0 Å². The van der Waals surface area contributed by atoms with E-state index in [1.54, 1.807) is 0 Å². The minimum Gasteiger partial charge on any atom is -0.377 e. The van der Waals surface area contributed by atoms with Crippen LogP contribution in [0.1, 0.15) is 29.9 Å². The average molecular weight is 262 g/mol. The lowest BCUT2D eigenvalue weighted by atomic mass is 10.1. The van der Waals surface area contributed by atoms with E-state index in [2.05, 4.69) is 10.3 Å². The largest absolute Gasteiger partial charge is 0.377 e. The maximum Gasteiger partial charge on any atom is 0.126 e. The Morgan fingerprint density at radius 3 is 2.26 bits per heavy atom. The molecule has 0 bridgehead atoms. The van der Waals surface area contributed by atoms with Gasteiger partial charge in [0.2, 0.25) is 0 Å². The second-order valence-corrected chi connectivity index (χ2v) is 4.65.